The first-order chi connectivity index (χ1) is 7.79. The molecular weight excluding hydrogens is 256 g/mol. The zero-order valence-electron chi connectivity index (χ0n) is 12.0. The molecule has 4 nitrogen and oxygen atoms in total. The minimum absolute atomic E-state index is 0.639. The van der Waals surface area contributed by atoms with Gasteiger partial charge in [0.2, 0.25) is 0 Å². The number of carbonyl (C=O) groups excluding carboxylic acids is 2. The lowest BCUT2D eigenvalue weighted by atomic mass is 10.4. The number of hydrogen-bond donors (Lipinski definition) is 4. The van der Waals surface area contributed by atoms with Crippen LogP contribution in [0.2, 0.25) is 0 Å². The van der Waals surface area contributed by atoms with Crippen LogP contribution in [0.1, 0.15) is 60.8 Å². The minimum atomic E-state index is -0.639. The molecule has 0 saturated heterocycles. The van der Waals surface area contributed by atoms with Crippen molar-refractivity contribution in [1.82, 2.24) is 0 Å². The Hall–Kier alpha value is -0.360. The summed E-state index contributed by atoms with van der Waals surface area (Å²) in [5, 5.41) is -1.28. The molecule has 17 heavy (non-hydrogen) atoms. The molecule has 0 bridgehead atoms. The maximum atomic E-state index is 9.09. The number of amides is 2. The predicted octanol–water partition coefficient (Wildman–Crippen LogP) is 4.24. The third-order valence-electron chi connectivity index (χ3n) is 0.500. The lowest BCUT2D eigenvalue weighted by molar-refractivity contribution is 0.266. The van der Waals surface area contributed by atoms with Crippen LogP contribution in [0.25, 0.3) is 0 Å². The van der Waals surface area contributed by atoms with Crippen molar-refractivity contribution in [2.75, 3.05) is 0 Å². The van der Waals surface area contributed by atoms with Crippen molar-refractivity contribution < 1.29 is 9.59 Å². The van der Waals surface area contributed by atoms with E-state index < -0.39 is 10.5 Å². The second kappa shape index (κ2) is 44.9. The van der Waals surface area contributed by atoms with Gasteiger partial charge in [0.25, 0.3) is 10.5 Å². The summed E-state index contributed by atoms with van der Waals surface area (Å²) in [7, 11) is 0. The standard InChI is InChI=1S/C4H10.C3H8.C2H6.2CH3NOS/c1-3-4-2;1-3-2;1-2;2*2-1(3)4/h3-4H2,1-2H3;3H2,1-2H3;1-2H3;2*(H3,2,3,4). The van der Waals surface area contributed by atoms with E-state index >= 15 is 0 Å². The average Bonchev–Trinajstić information content (AvgIpc) is 2.20. The van der Waals surface area contributed by atoms with Gasteiger partial charge >= 0.3 is 0 Å². The van der Waals surface area contributed by atoms with Crippen molar-refractivity contribution >= 4 is 35.7 Å². The molecule has 2 amide bonds. The molecule has 108 valence electrons. The molecule has 0 aromatic rings. The quantitative estimate of drug-likeness (QED) is 0.543. The Bertz CT molecular complexity index is 113. The summed E-state index contributed by atoms with van der Waals surface area (Å²) < 4.78 is 0. The van der Waals surface area contributed by atoms with E-state index in [4.69, 9.17) is 9.59 Å². The van der Waals surface area contributed by atoms with Gasteiger partial charge in [-0.3, -0.25) is 9.59 Å². The SMILES string of the molecule is CC.CCC.CCCC.NC(=O)S.NC(=O)S. The molecule has 0 aliphatic rings. The van der Waals surface area contributed by atoms with E-state index in [1.165, 1.54) is 19.3 Å². The van der Waals surface area contributed by atoms with E-state index in [0.29, 0.717) is 0 Å². The molecule has 0 heterocycles. The maximum Gasteiger partial charge on any atom is 0.273 e. The Morgan fingerprint density at radius 1 is 0.824 bits per heavy atom. The molecule has 0 aromatic heterocycles. The second-order valence-electron chi connectivity index (χ2n) is 2.38. The number of hydrogen-bond acceptors (Lipinski definition) is 2. The fourth-order valence-electron chi connectivity index (χ4n) is 0. The van der Waals surface area contributed by atoms with Crippen LogP contribution in [0, 0.1) is 0 Å². The Balaban J connectivity index is -0.0000000361. The minimum Gasteiger partial charge on any atom is -0.361 e. The summed E-state index contributed by atoms with van der Waals surface area (Å²) >= 11 is 6.21. The zero-order chi connectivity index (χ0) is 15.3. The van der Waals surface area contributed by atoms with Crippen LogP contribution >= 0.6 is 25.3 Å². The monoisotopic (exact) mass is 286 g/mol. The van der Waals surface area contributed by atoms with Gasteiger partial charge in [0.15, 0.2) is 0 Å². The van der Waals surface area contributed by atoms with Crippen molar-refractivity contribution in [1.29, 1.82) is 0 Å². The summed E-state index contributed by atoms with van der Waals surface area (Å²) in [6, 6.07) is 0. The highest BCUT2D eigenvalue weighted by atomic mass is 32.1. The molecule has 4 N–H and O–H groups in total. The van der Waals surface area contributed by atoms with Gasteiger partial charge in [0, 0.05) is 0 Å². The number of nitrogens with two attached hydrogens (primary N) is 2. The van der Waals surface area contributed by atoms with Gasteiger partial charge in [-0.1, -0.05) is 86.1 Å². The fraction of sp³-hybridized carbons (Fsp3) is 0.818. The van der Waals surface area contributed by atoms with Crippen molar-refractivity contribution in [2.24, 2.45) is 11.5 Å². The van der Waals surface area contributed by atoms with E-state index in [1.807, 2.05) is 13.8 Å². The Morgan fingerprint density at radius 2 is 0.882 bits per heavy atom. The molecule has 0 atom stereocenters. The van der Waals surface area contributed by atoms with Crippen molar-refractivity contribution in [2.45, 2.75) is 60.8 Å². The number of unbranched alkanes of at least 4 members (excludes halogenated alkanes) is 1. The number of thiol groups is 2. The normalized spacial score (nSPS) is 6.12. The predicted molar refractivity (Wildman–Crippen MR) is 85.0 cm³/mol. The molecule has 0 saturated carbocycles. The summed E-state index contributed by atoms with van der Waals surface area (Å²) in [5.74, 6) is 0. The van der Waals surface area contributed by atoms with Gasteiger partial charge < -0.3 is 11.5 Å². The van der Waals surface area contributed by atoms with Crippen LogP contribution in [-0.2, 0) is 0 Å². The third kappa shape index (κ3) is 7100. The molecule has 0 unspecified atom stereocenters. The van der Waals surface area contributed by atoms with Crippen LogP contribution in [-0.4, -0.2) is 10.5 Å². The summed E-state index contributed by atoms with van der Waals surface area (Å²) in [6.45, 7) is 12.6. The van der Waals surface area contributed by atoms with Crippen LogP contribution in [0.3, 0.4) is 0 Å². The average molecular weight is 287 g/mol. The van der Waals surface area contributed by atoms with Gasteiger partial charge in [-0.25, -0.2) is 0 Å². The van der Waals surface area contributed by atoms with Gasteiger partial charge in [-0.2, -0.15) is 0 Å². The summed E-state index contributed by atoms with van der Waals surface area (Å²) in [5.41, 5.74) is 8.67. The first-order valence-electron chi connectivity index (χ1n) is 5.76. The van der Waals surface area contributed by atoms with Crippen molar-refractivity contribution in [3.8, 4) is 0 Å². The Morgan fingerprint density at radius 3 is 0.882 bits per heavy atom. The Kier molecular flexibility index (Phi) is 79.4. The van der Waals surface area contributed by atoms with E-state index in [2.05, 4.69) is 64.4 Å². The second-order valence-corrected chi connectivity index (χ2v) is 3.27. The van der Waals surface area contributed by atoms with E-state index in [1.54, 1.807) is 0 Å². The first-order valence-corrected chi connectivity index (χ1v) is 6.66. The van der Waals surface area contributed by atoms with E-state index in [-0.39, 0.29) is 0 Å². The maximum absolute atomic E-state index is 9.09. The highest BCUT2D eigenvalue weighted by Gasteiger charge is 1.63. The lowest BCUT2D eigenvalue weighted by Gasteiger charge is -1.68. The highest BCUT2D eigenvalue weighted by Crippen LogP contribution is 1.76. The van der Waals surface area contributed by atoms with Crippen molar-refractivity contribution in [3.05, 3.63) is 0 Å². The van der Waals surface area contributed by atoms with Gasteiger partial charge in [0.05, 0.1) is 0 Å². The lowest BCUT2D eigenvalue weighted by Crippen LogP contribution is -1.95. The molecule has 0 spiro atoms. The van der Waals surface area contributed by atoms with Gasteiger partial charge in [-0.05, 0) is 0 Å². The molecule has 0 aliphatic carbocycles. The molecule has 0 fully saturated rings. The van der Waals surface area contributed by atoms with Gasteiger partial charge in [-0.15, -0.1) is 0 Å². The number of rotatable bonds is 1. The summed E-state index contributed by atoms with van der Waals surface area (Å²) in [4.78, 5) is 18.2. The van der Waals surface area contributed by atoms with Crippen LogP contribution in [0.15, 0.2) is 0 Å². The molecule has 0 aromatic carbocycles. The third-order valence-corrected chi connectivity index (χ3v) is 0.500. The van der Waals surface area contributed by atoms with Crippen molar-refractivity contribution in [3.63, 3.8) is 0 Å². The zero-order valence-corrected chi connectivity index (χ0v) is 13.8. The smallest absolute Gasteiger partial charge is 0.273 e. The summed E-state index contributed by atoms with van der Waals surface area (Å²) in [6.07, 6.45) is 3.89. The first kappa shape index (κ1) is 30.0. The van der Waals surface area contributed by atoms with Crippen LogP contribution in [0.4, 0.5) is 9.59 Å². The molecule has 0 rings (SSSR count). The highest BCUT2D eigenvalue weighted by molar-refractivity contribution is 7.96. The van der Waals surface area contributed by atoms with E-state index in [0.717, 1.165) is 0 Å². The molecule has 0 aliphatic heterocycles. The number of primary amides is 2. The van der Waals surface area contributed by atoms with E-state index in [9.17, 15) is 0 Å². The largest absolute Gasteiger partial charge is 0.361 e. The van der Waals surface area contributed by atoms with Gasteiger partial charge in [0.1, 0.15) is 0 Å². The number of carbonyl (C=O) groups is 2. The fourth-order valence-corrected chi connectivity index (χ4v) is 0. The van der Waals surface area contributed by atoms with Crippen LogP contribution in [0.5, 0.6) is 0 Å². The molecular formula is C11H30N2O2S2. The molecule has 0 radical (unpaired) electrons. The van der Waals surface area contributed by atoms with Crippen LogP contribution < -0.4 is 11.5 Å². The molecule has 6 heteroatoms. The topological polar surface area (TPSA) is 86.2 Å². The Labute approximate surface area is 118 Å².